The van der Waals surface area contributed by atoms with E-state index >= 15 is 0 Å². The molecule has 0 radical (unpaired) electrons. The van der Waals surface area contributed by atoms with E-state index < -0.39 is 0 Å². The number of rotatable bonds is 0. The van der Waals surface area contributed by atoms with Gasteiger partial charge in [0.1, 0.15) is 0 Å². The number of hydrogen-bond donors (Lipinski definition) is 0. The van der Waals surface area contributed by atoms with Gasteiger partial charge in [-0.2, -0.15) is 29.8 Å². The minimum absolute atomic E-state index is 0. The Hall–Kier alpha value is -0.717. The summed E-state index contributed by atoms with van der Waals surface area (Å²) in [6.07, 6.45) is 1.05. The molecule has 0 amide bonds. The molecule has 0 atom stereocenters. The van der Waals surface area contributed by atoms with E-state index in [2.05, 4.69) is 42.5 Å². The Morgan fingerprint density at radius 3 is 2.26 bits per heavy atom. The first kappa shape index (κ1) is 16.3. The van der Waals surface area contributed by atoms with Gasteiger partial charge < -0.3 is 5.73 Å². The van der Waals surface area contributed by atoms with Crippen LogP contribution in [0.5, 0.6) is 0 Å². The van der Waals surface area contributed by atoms with Crippen molar-refractivity contribution in [2.24, 2.45) is 0 Å². The Kier molecular flexibility index (Phi) is 5.70. The number of benzene rings is 2. The van der Waals surface area contributed by atoms with Crippen molar-refractivity contribution in [2.75, 3.05) is 0 Å². The van der Waals surface area contributed by atoms with Crippen LogP contribution in [0.4, 0.5) is 0 Å². The topological polar surface area (TPSA) is 23.8 Å². The van der Waals surface area contributed by atoms with Crippen LogP contribution >= 0.6 is 0 Å². The van der Waals surface area contributed by atoms with E-state index in [4.69, 9.17) is 5.73 Å². The van der Waals surface area contributed by atoms with Crippen molar-refractivity contribution in [2.45, 2.75) is 32.7 Å². The van der Waals surface area contributed by atoms with Gasteiger partial charge >= 0.3 is 26.2 Å². The first-order valence-corrected chi connectivity index (χ1v) is 6.28. The van der Waals surface area contributed by atoms with Crippen LogP contribution in [0.3, 0.4) is 0 Å². The number of fused-ring (bicyclic) bond motifs is 3. The average molecular weight is 329 g/mol. The SMILES string of the molecule is CC(C)(C)[NH-].[Zr+2].[c-]1cccc2c1Cc1ccccc1-2. The van der Waals surface area contributed by atoms with Gasteiger partial charge in [0.25, 0.3) is 0 Å². The summed E-state index contributed by atoms with van der Waals surface area (Å²) in [5.41, 5.74) is 12.2. The molecule has 2 aromatic rings. The van der Waals surface area contributed by atoms with Gasteiger partial charge in [0, 0.05) is 0 Å². The Morgan fingerprint density at radius 2 is 1.58 bits per heavy atom. The molecule has 3 rings (SSSR count). The summed E-state index contributed by atoms with van der Waals surface area (Å²) < 4.78 is 0. The molecular weight excluding hydrogens is 309 g/mol. The normalized spacial score (nSPS) is 11.6. The maximum Gasteiger partial charge on any atom is 2.00 e. The van der Waals surface area contributed by atoms with Gasteiger partial charge in [0.05, 0.1) is 0 Å². The predicted octanol–water partition coefficient (Wildman–Crippen LogP) is 4.89. The van der Waals surface area contributed by atoms with E-state index in [1.54, 1.807) is 0 Å². The van der Waals surface area contributed by atoms with Gasteiger partial charge in [-0.1, -0.05) is 56.2 Å². The van der Waals surface area contributed by atoms with Crippen LogP contribution in [0.25, 0.3) is 16.9 Å². The third kappa shape index (κ3) is 4.71. The van der Waals surface area contributed by atoms with Gasteiger partial charge in [0.15, 0.2) is 0 Å². The Labute approximate surface area is 135 Å². The summed E-state index contributed by atoms with van der Waals surface area (Å²) in [6.45, 7) is 5.56. The average Bonchev–Trinajstić information content (AvgIpc) is 2.65. The van der Waals surface area contributed by atoms with E-state index in [0.29, 0.717) is 0 Å². The van der Waals surface area contributed by atoms with E-state index in [-0.39, 0.29) is 31.7 Å². The summed E-state index contributed by atoms with van der Waals surface area (Å²) in [6, 6.07) is 18.1. The zero-order chi connectivity index (χ0) is 13.2. The second-order valence-electron chi connectivity index (χ2n) is 5.65. The van der Waals surface area contributed by atoms with E-state index in [9.17, 15) is 0 Å². The minimum Gasteiger partial charge on any atom is -0.673 e. The Morgan fingerprint density at radius 1 is 1.00 bits per heavy atom. The third-order valence-corrected chi connectivity index (χ3v) is 2.62. The van der Waals surface area contributed by atoms with Gasteiger partial charge in [-0.25, -0.2) is 0 Å². The molecule has 1 nitrogen and oxygen atoms in total. The zero-order valence-electron chi connectivity index (χ0n) is 11.7. The maximum absolute atomic E-state index is 6.94. The van der Waals surface area contributed by atoms with E-state index in [1.807, 2.05) is 26.8 Å². The largest absolute Gasteiger partial charge is 2.00 e. The predicted molar refractivity (Wildman–Crippen MR) is 77.6 cm³/mol. The smallest absolute Gasteiger partial charge is 0.673 e. The van der Waals surface area contributed by atoms with Crippen LogP contribution in [-0.4, -0.2) is 5.54 Å². The molecule has 1 aliphatic carbocycles. The van der Waals surface area contributed by atoms with Crippen LogP contribution in [-0.2, 0) is 32.6 Å². The number of nitrogens with one attached hydrogen (secondary N) is 1. The van der Waals surface area contributed by atoms with Gasteiger partial charge in [-0.3, -0.25) is 0 Å². The summed E-state index contributed by atoms with van der Waals surface area (Å²) >= 11 is 0. The fourth-order valence-electron chi connectivity index (χ4n) is 2.00. The summed E-state index contributed by atoms with van der Waals surface area (Å²) in [4.78, 5) is 0. The van der Waals surface area contributed by atoms with Crippen LogP contribution in [0.2, 0.25) is 0 Å². The van der Waals surface area contributed by atoms with Crippen molar-refractivity contribution in [1.82, 2.24) is 0 Å². The molecule has 0 saturated heterocycles. The van der Waals surface area contributed by atoms with Crippen LogP contribution in [0.1, 0.15) is 31.9 Å². The molecule has 2 aromatic carbocycles. The standard InChI is InChI=1S/C13H9.C4H10N.Zr/c1-3-7-12-10(5-1)9-11-6-2-4-8-13(11)12;1-4(2,3)5;/h1-5,7-8H,9H2;5H,1-3H3;/q2*-1;+2. The van der Waals surface area contributed by atoms with Crippen molar-refractivity contribution in [1.29, 1.82) is 0 Å². The Balaban J connectivity index is 0.000000265. The van der Waals surface area contributed by atoms with Crippen molar-refractivity contribution >= 4 is 0 Å². The summed E-state index contributed by atoms with van der Waals surface area (Å²) in [5, 5.41) is 0. The molecule has 1 N–H and O–H groups in total. The van der Waals surface area contributed by atoms with Gasteiger partial charge in [-0.15, -0.1) is 11.1 Å². The number of hydrogen-bond acceptors (Lipinski definition) is 0. The molecule has 0 fully saturated rings. The zero-order valence-corrected chi connectivity index (χ0v) is 14.2. The second kappa shape index (κ2) is 6.63. The van der Waals surface area contributed by atoms with Crippen molar-refractivity contribution in [3.63, 3.8) is 0 Å². The van der Waals surface area contributed by atoms with Crippen LogP contribution < -0.4 is 0 Å². The molecule has 96 valence electrons. The molecule has 1 aliphatic rings. The molecule has 19 heavy (non-hydrogen) atoms. The fourth-order valence-corrected chi connectivity index (χ4v) is 2.00. The van der Waals surface area contributed by atoms with Crippen LogP contribution in [0, 0.1) is 6.07 Å². The Bertz CT molecular complexity index is 491. The molecule has 0 bridgehead atoms. The van der Waals surface area contributed by atoms with Crippen LogP contribution in [0.15, 0.2) is 42.5 Å². The summed E-state index contributed by atoms with van der Waals surface area (Å²) in [5.74, 6) is 0. The molecular formula is C17H19NZr. The summed E-state index contributed by atoms with van der Waals surface area (Å²) in [7, 11) is 0. The third-order valence-electron chi connectivity index (χ3n) is 2.62. The van der Waals surface area contributed by atoms with Gasteiger partial charge in [-0.05, 0) is 6.42 Å². The quantitative estimate of drug-likeness (QED) is 0.525. The first-order chi connectivity index (χ1) is 8.45. The van der Waals surface area contributed by atoms with Crippen molar-refractivity contribution < 1.29 is 26.2 Å². The second-order valence-corrected chi connectivity index (χ2v) is 5.65. The molecule has 0 aliphatic heterocycles. The maximum atomic E-state index is 6.94. The molecule has 0 heterocycles. The first-order valence-electron chi connectivity index (χ1n) is 6.28. The minimum atomic E-state index is -0.250. The fraction of sp³-hybridized carbons (Fsp3) is 0.294. The van der Waals surface area contributed by atoms with Crippen molar-refractivity contribution in [3.05, 3.63) is 65.4 Å². The molecule has 0 unspecified atom stereocenters. The van der Waals surface area contributed by atoms with Crippen molar-refractivity contribution in [3.8, 4) is 11.1 Å². The molecule has 0 aromatic heterocycles. The molecule has 2 heteroatoms. The molecule has 0 saturated carbocycles. The monoisotopic (exact) mass is 327 g/mol. The van der Waals surface area contributed by atoms with E-state index in [0.717, 1.165) is 6.42 Å². The van der Waals surface area contributed by atoms with E-state index in [1.165, 1.54) is 22.3 Å². The van der Waals surface area contributed by atoms with Gasteiger partial charge in [0.2, 0.25) is 0 Å². The molecule has 0 spiro atoms.